The monoisotopic (exact) mass is 428 g/mol. The Kier molecular flexibility index (Phi) is 5.47. The summed E-state index contributed by atoms with van der Waals surface area (Å²) in [6.45, 7) is 0. The summed E-state index contributed by atoms with van der Waals surface area (Å²) in [6.07, 6.45) is -4.61. The molecule has 1 aliphatic rings. The fraction of sp³-hybridized carbons (Fsp3) is 0.118. The van der Waals surface area contributed by atoms with Crippen LogP contribution in [0.2, 0.25) is 0 Å². The van der Waals surface area contributed by atoms with E-state index in [0.717, 1.165) is 23.9 Å². The molecule has 11 heteroatoms. The maximum Gasteiger partial charge on any atom is 0.416 e. The number of hydrogen-bond acceptors (Lipinski definition) is 5. The minimum Gasteiger partial charge on any atom is -0.481 e. The van der Waals surface area contributed by atoms with Crippen LogP contribution in [0.4, 0.5) is 13.2 Å². The van der Waals surface area contributed by atoms with Crippen molar-refractivity contribution in [2.75, 3.05) is 5.75 Å². The average molecular weight is 428 g/mol. The molecule has 2 amide bonds. The summed E-state index contributed by atoms with van der Waals surface area (Å²) in [6, 6.07) is 5.81. The lowest BCUT2D eigenvalue weighted by atomic mass is 9.93. The van der Waals surface area contributed by atoms with Gasteiger partial charge in [-0.1, -0.05) is 12.1 Å². The predicted octanol–water partition coefficient (Wildman–Crippen LogP) is 2.91. The van der Waals surface area contributed by atoms with E-state index in [2.05, 4.69) is 10.9 Å². The SMILES string of the molecule is O=C(O)CSc1sccc1C(=C1C(=O)NNC1=O)c1cccc(C(F)(F)F)c1. The summed E-state index contributed by atoms with van der Waals surface area (Å²) in [7, 11) is 0. The first-order valence-corrected chi connectivity index (χ1v) is 9.50. The lowest BCUT2D eigenvalue weighted by Crippen LogP contribution is -2.28. The van der Waals surface area contributed by atoms with Crippen molar-refractivity contribution in [3.63, 3.8) is 0 Å². The molecule has 1 aliphatic heterocycles. The molecule has 2 aromatic rings. The van der Waals surface area contributed by atoms with Crippen LogP contribution in [0.25, 0.3) is 5.57 Å². The molecule has 6 nitrogen and oxygen atoms in total. The molecule has 0 spiro atoms. The van der Waals surface area contributed by atoms with Gasteiger partial charge in [-0.2, -0.15) is 13.2 Å². The summed E-state index contributed by atoms with van der Waals surface area (Å²) >= 11 is 2.12. The van der Waals surface area contributed by atoms with Crippen LogP contribution in [0.15, 0.2) is 45.5 Å². The summed E-state index contributed by atoms with van der Waals surface area (Å²) in [5, 5.41) is 10.5. The van der Waals surface area contributed by atoms with Crippen LogP contribution in [-0.2, 0) is 20.6 Å². The smallest absolute Gasteiger partial charge is 0.416 e. The third kappa shape index (κ3) is 4.04. The van der Waals surface area contributed by atoms with Crippen LogP contribution in [0, 0.1) is 0 Å². The normalized spacial score (nSPS) is 14.0. The van der Waals surface area contributed by atoms with Gasteiger partial charge in [-0.25, -0.2) is 0 Å². The molecule has 0 saturated carbocycles. The molecular weight excluding hydrogens is 417 g/mol. The Morgan fingerprint density at radius 2 is 1.82 bits per heavy atom. The molecule has 1 aromatic heterocycles. The molecule has 0 unspecified atom stereocenters. The van der Waals surface area contributed by atoms with Crippen LogP contribution in [0.3, 0.4) is 0 Å². The lowest BCUT2D eigenvalue weighted by molar-refractivity contribution is -0.137. The minimum absolute atomic E-state index is 0.00717. The predicted molar refractivity (Wildman–Crippen MR) is 96.4 cm³/mol. The Labute approximate surface area is 164 Å². The Hall–Kier alpha value is -2.79. The molecule has 28 heavy (non-hydrogen) atoms. The second kappa shape index (κ2) is 7.68. The van der Waals surface area contributed by atoms with Gasteiger partial charge in [-0.15, -0.1) is 23.1 Å². The molecule has 0 aliphatic carbocycles. The number of rotatable bonds is 5. The minimum atomic E-state index is -4.61. The number of carbonyl (C=O) groups excluding carboxylic acids is 2. The Morgan fingerprint density at radius 1 is 1.14 bits per heavy atom. The van der Waals surface area contributed by atoms with E-state index in [-0.39, 0.29) is 22.5 Å². The Balaban J connectivity index is 2.21. The molecule has 0 bridgehead atoms. The fourth-order valence-electron chi connectivity index (χ4n) is 2.57. The van der Waals surface area contributed by atoms with Crippen molar-refractivity contribution in [1.82, 2.24) is 10.9 Å². The van der Waals surface area contributed by atoms with Gasteiger partial charge in [-0.3, -0.25) is 25.2 Å². The standard InChI is InChI=1S/C17H11F3N2O4S2/c18-17(19,20)9-3-1-2-8(6-9)12(13-14(25)21-22-15(13)26)10-4-5-27-16(10)28-7-11(23)24/h1-6H,7H2,(H,21,25)(H,22,26)(H,23,24). The van der Waals surface area contributed by atoms with Crippen molar-refractivity contribution < 1.29 is 32.7 Å². The highest BCUT2D eigenvalue weighted by Crippen LogP contribution is 2.40. The van der Waals surface area contributed by atoms with E-state index in [9.17, 15) is 27.6 Å². The number of amides is 2. The number of alkyl halides is 3. The van der Waals surface area contributed by atoms with E-state index in [1.54, 1.807) is 5.38 Å². The molecule has 0 radical (unpaired) electrons. The summed E-state index contributed by atoms with van der Waals surface area (Å²) in [5.41, 5.74) is 3.33. The zero-order valence-corrected chi connectivity index (χ0v) is 15.4. The van der Waals surface area contributed by atoms with Gasteiger partial charge in [0.05, 0.1) is 15.5 Å². The number of benzene rings is 1. The lowest BCUT2D eigenvalue weighted by Gasteiger charge is -2.13. The number of thiophene rings is 1. The quantitative estimate of drug-likeness (QED) is 0.387. The van der Waals surface area contributed by atoms with Crippen LogP contribution >= 0.6 is 23.1 Å². The first-order valence-electron chi connectivity index (χ1n) is 7.63. The van der Waals surface area contributed by atoms with Crippen molar-refractivity contribution in [3.8, 4) is 0 Å². The number of hydrogen-bond donors (Lipinski definition) is 3. The van der Waals surface area contributed by atoms with Gasteiger partial charge in [0.1, 0.15) is 5.57 Å². The highest BCUT2D eigenvalue weighted by molar-refractivity contribution is 8.01. The first-order chi connectivity index (χ1) is 13.2. The molecule has 1 aromatic carbocycles. The van der Waals surface area contributed by atoms with Gasteiger partial charge in [0.2, 0.25) is 0 Å². The molecule has 1 saturated heterocycles. The molecule has 146 valence electrons. The van der Waals surface area contributed by atoms with Gasteiger partial charge in [0.15, 0.2) is 0 Å². The van der Waals surface area contributed by atoms with E-state index in [1.165, 1.54) is 29.5 Å². The number of nitrogens with one attached hydrogen (secondary N) is 2. The summed E-state index contributed by atoms with van der Waals surface area (Å²) < 4.78 is 39.9. The summed E-state index contributed by atoms with van der Waals surface area (Å²) in [4.78, 5) is 35.2. The maximum atomic E-state index is 13.2. The van der Waals surface area contributed by atoms with Crippen LogP contribution in [0.5, 0.6) is 0 Å². The number of thioether (sulfide) groups is 1. The van der Waals surface area contributed by atoms with Crippen molar-refractivity contribution in [2.45, 2.75) is 10.4 Å². The number of halogens is 3. The molecule has 3 rings (SSSR count). The molecular formula is C17H11F3N2O4S2. The van der Waals surface area contributed by atoms with Crippen LogP contribution in [-0.4, -0.2) is 28.6 Å². The molecule has 3 N–H and O–H groups in total. The van der Waals surface area contributed by atoms with Crippen LogP contribution < -0.4 is 10.9 Å². The van der Waals surface area contributed by atoms with Gasteiger partial charge in [0.25, 0.3) is 11.8 Å². The van der Waals surface area contributed by atoms with Gasteiger partial charge in [0, 0.05) is 11.1 Å². The van der Waals surface area contributed by atoms with E-state index >= 15 is 0 Å². The van der Waals surface area contributed by atoms with Crippen molar-refractivity contribution in [3.05, 3.63) is 58.0 Å². The number of carboxylic acids is 1. The third-order valence-corrected chi connectivity index (χ3v) is 5.92. The first kappa shape index (κ1) is 20.0. The Bertz CT molecular complexity index is 980. The average Bonchev–Trinajstić information content (AvgIpc) is 3.21. The second-order valence-electron chi connectivity index (χ2n) is 5.54. The molecule has 2 heterocycles. The topological polar surface area (TPSA) is 95.5 Å². The zero-order chi connectivity index (χ0) is 20.5. The molecule has 0 atom stereocenters. The third-order valence-electron chi connectivity index (χ3n) is 3.70. The van der Waals surface area contributed by atoms with E-state index in [4.69, 9.17) is 5.11 Å². The highest BCUT2D eigenvalue weighted by atomic mass is 32.2. The van der Waals surface area contributed by atoms with Crippen molar-refractivity contribution in [1.29, 1.82) is 0 Å². The van der Waals surface area contributed by atoms with Gasteiger partial charge < -0.3 is 5.11 Å². The van der Waals surface area contributed by atoms with Gasteiger partial charge >= 0.3 is 12.1 Å². The number of carboxylic acid groups (broad SMARTS) is 1. The summed E-state index contributed by atoms with van der Waals surface area (Å²) in [5.74, 6) is -2.92. The highest BCUT2D eigenvalue weighted by Gasteiger charge is 2.34. The number of aliphatic carboxylic acids is 1. The maximum absolute atomic E-state index is 13.2. The largest absolute Gasteiger partial charge is 0.481 e. The zero-order valence-electron chi connectivity index (χ0n) is 13.8. The van der Waals surface area contributed by atoms with E-state index in [1.807, 2.05) is 0 Å². The van der Waals surface area contributed by atoms with E-state index in [0.29, 0.717) is 9.77 Å². The van der Waals surface area contributed by atoms with Gasteiger partial charge in [-0.05, 0) is 29.1 Å². The second-order valence-corrected chi connectivity index (χ2v) is 7.70. The van der Waals surface area contributed by atoms with Crippen molar-refractivity contribution in [2.24, 2.45) is 0 Å². The number of carbonyl (C=O) groups is 3. The van der Waals surface area contributed by atoms with Crippen LogP contribution in [0.1, 0.15) is 16.7 Å². The van der Waals surface area contributed by atoms with E-state index < -0.39 is 29.5 Å². The molecule has 1 fully saturated rings. The Morgan fingerprint density at radius 3 is 2.43 bits per heavy atom. The van der Waals surface area contributed by atoms with Crippen molar-refractivity contribution >= 4 is 46.5 Å². The number of hydrazine groups is 1. The fourth-order valence-corrected chi connectivity index (χ4v) is 4.39.